The third-order valence-electron chi connectivity index (χ3n) is 3.30. The first kappa shape index (κ1) is 15.8. The first-order valence-corrected chi connectivity index (χ1v) is 8.06. The Hall–Kier alpha value is -3.04. The Morgan fingerprint density at radius 3 is 2.54 bits per heavy atom. The quantitative estimate of drug-likeness (QED) is 0.559. The Labute approximate surface area is 142 Å². The molecule has 4 nitrogen and oxygen atoms in total. The van der Waals surface area contributed by atoms with Crippen LogP contribution in [0.2, 0.25) is 0 Å². The maximum atomic E-state index is 13.0. The molecule has 0 aliphatic carbocycles. The molecule has 1 N–H and O–H groups in total. The number of nitriles is 1. The molecule has 0 radical (unpaired) electrons. The van der Waals surface area contributed by atoms with Crippen LogP contribution >= 0.6 is 11.3 Å². The zero-order chi connectivity index (χ0) is 16.9. The molecule has 3 rings (SSSR count). The van der Waals surface area contributed by atoms with Gasteiger partial charge in [0.25, 0.3) is 0 Å². The number of hydrogen-bond donors (Lipinski definition) is 1. The van der Waals surface area contributed by atoms with Gasteiger partial charge in [0.1, 0.15) is 11.9 Å². The predicted molar refractivity (Wildman–Crippen MR) is 94.5 cm³/mol. The number of hydrazone groups is 1. The lowest BCUT2D eigenvalue weighted by Gasteiger charge is -2.01. The lowest BCUT2D eigenvalue weighted by atomic mass is 10.2. The fourth-order valence-electron chi connectivity index (χ4n) is 2.00. The van der Waals surface area contributed by atoms with Crippen molar-refractivity contribution in [1.29, 1.82) is 5.26 Å². The highest BCUT2D eigenvalue weighted by molar-refractivity contribution is 7.12. The average molecular weight is 336 g/mol. The minimum Gasteiger partial charge on any atom is -0.277 e. The van der Waals surface area contributed by atoms with E-state index in [0.717, 1.165) is 16.8 Å². The van der Waals surface area contributed by atoms with Gasteiger partial charge in [0.2, 0.25) is 0 Å². The van der Waals surface area contributed by atoms with Crippen molar-refractivity contribution in [2.75, 3.05) is 5.43 Å². The van der Waals surface area contributed by atoms with Crippen molar-refractivity contribution in [2.45, 2.75) is 6.92 Å². The summed E-state index contributed by atoms with van der Waals surface area (Å²) in [6.45, 7) is 2.00. The molecule has 118 valence electrons. The van der Waals surface area contributed by atoms with E-state index in [2.05, 4.69) is 15.5 Å². The number of aryl methyl sites for hydroxylation is 1. The Balaban J connectivity index is 1.81. The second kappa shape index (κ2) is 7.02. The van der Waals surface area contributed by atoms with Crippen molar-refractivity contribution < 1.29 is 4.39 Å². The SMILES string of the molecule is Cc1ccc(NN=C(C#N)c2nc(-c3ccc(F)cc3)cs2)cc1. The van der Waals surface area contributed by atoms with Gasteiger partial charge in [-0.3, -0.25) is 5.43 Å². The van der Waals surface area contributed by atoms with Crippen LogP contribution in [0.3, 0.4) is 0 Å². The van der Waals surface area contributed by atoms with Crippen LogP contribution in [-0.4, -0.2) is 10.7 Å². The minimum atomic E-state index is -0.296. The summed E-state index contributed by atoms with van der Waals surface area (Å²) in [5, 5.41) is 15.8. The number of aromatic nitrogens is 1. The van der Waals surface area contributed by atoms with Gasteiger partial charge in [-0.25, -0.2) is 9.37 Å². The van der Waals surface area contributed by atoms with Crippen LogP contribution in [0.1, 0.15) is 10.6 Å². The molecule has 0 fully saturated rings. The number of hydrogen-bond acceptors (Lipinski definition) is 5. The van der Waals surface area contributed by atoms with E-state index < -0.39 is 0 Å². The summed E-state index contributed by atoms with van der Waals surface area (Å²) in [7, 11) is 0. The number of nitrogens with one attached hydrogen (secondary N) is 1. The molecule has 0 saturated carbocycles. The minimum absolute atomic E-state index is 0.203. The molecule has 0 aliphatic rings. The summed E-state index contributed by atoms with van der Waals surface area (Å²) in [6, 6.07) is 15.8. The van der Waals surface area contributed by atoms with Gasteiger partial charge in [-0.2, -0.15) is 10.4 Å². The Bertz CT molecular complexity index is 905. The van der Waals surface area contributed by atoms with Crippen LogP contribution in [0.5, 0.6) is 0 Å². The summed E-state index contributed by atoms with van der Waals surface area (Å²) in [4.78, 5) is 4.41. The first-order valence-electron chi connectivity index (χ1n) is 7.18. The Kier molecular flexibility index (Phi) is 4.64. The summed E-state index contributed by atoms with van der Waals surface area (Å²) < 4.78 is 13.0. The molecule has 1 heterocycles. The fraction of sp³-hybridized carbons (Fsp3) is 0.0556. The standard InChI is InChI=1S/C18H13FN4S/c1-12-2-8-15(9-3-12)22-23-16(10-20)18-21-17(11-24-18)13-4-6-14(19)7-5-13/h2-9,11,22H,1H3. The molecule has 0 amide bonds. The number of halogens is 1. The maximum absolute atomic E-state index is 13.0. The van der Waals surface area contributed by atoms with E-state index in [-0.39, 0.29) is 11.5 Å². The van der Waals surface area contributed by atoms with Crippen LogP contribution in [0, 0.1) is 24.1 Å². The monoisotopic (exact) mass is 336 g/mol. The highest BCUT2D eigenvalue weighted by Gasteiger charge is 2.10. The van der Waals surface area contributed by atoms with E-state index in [1.54, 1.807) is 12.1 Å². The fourth-order valence-corrected chi connectivity index (χ4v) is 2.77. The van der Waals surface area contributed by atoms with Crippen LogP contribution in [0.4, 0.5) is 10.1 Å². The average Bonchev–Trinajstić information content (AvgIpc) is 3.08. The van der Waals surface area contributed by atoms with Crippen LogP contribution < -0.4 is 5.43 Å². The van der Waals surface area contributed by atoms with Crippen LogP contribution in [0.15, 0.2) is 59.0 Å². The molecular formula is C18H13FN4S. The topological polar surface area (TPSA) is 61.1 Å². The van der Waals surface area contributed by atoms with Crippen molar-refractivity contribution >= 4 is 22.7 Å². The molecule has 0 unspecified atom stereocenters. The number of anilines is 1. The van der Waals surface area contributed by atoms with E-state index in [1.165, 1.54) is 23.5 Å². The summed E-state index contributed by atoms with van der Waals surface area (Å²) in [5.41, 5.74) is 6.49. The van der Waals surface area contributed by atoms with E-state index in [0.29, 0.717) is 10.7 Å². The molecule has 24 heavy (non-hydrogen) atoms. The molecule has 0 saturated heterocycles. The summed E-state index contributed by atoms with van der Waals surface area (Å²) in [6.07, 6.45) is 0. The second-order valence-electron chi connectivity index (χ2n) is 5.09. The van der Waals surface area contributed by atoms with Gasteiger partial charge < -0.3 is 0 Å². The number of nitrogens with zero attached hydrogens (tertiary/aromatic N) is 3. The largest absolute Gasteiger partial charge is 0.277 e. The Morgan fingerprint density at radius 1 is 1.17 bits per heavy atom. The molecule has 1 aromatic heterocycles. The van der Waals surface area contributed by atoms with Crippen LogP contribution in [0.25, 0.3) is 11.3 Å². The highest BCUT2D eigenvalue weighted by Crippen LogP contribution is 2.22. The molecule has 6 heteroatoms. The molecule has 2 aromatic carbocycles. The Morgan fingerprint density at radius 2 is 1.88 bits per heavy atom. The van der Waals surface area contributed by atoms with Gasteiger partial charge >= 0.3 is 0 Å². The van der Waals surface area contributed by atoms with Gasteiger partial charge in [-0.1, -0.05) is 17.7 Å². The predicted octanol–water partition coefficient (Wildman–Crippen LogP) is 4.60. The molecule has 0 aliphatic heterocycles. The molecule has 3 aromatic rings. The maximum Gasteiger partial charge on any atom is 0.196 e. The molecule has 0 spiro atoms. The molecule has 0 atom stereocenters. The van der Waals surface area contributed by atoms with E-state index in [9.17, 15) is 9.65 Å². The number of thiazole rings is 1. The van der Waals surface area contributed by atoms with Crippen molar-refractivity contribution in [1.82, 2.24) is 4.98 Å². The van der Waals surface area contributed by atoms with Gasteiger partial charge in [0.15, 0.2) is 10.7 Å². The zero-order valence-corrected chi connectivity index (χ0v) is 13.6. The van der Waals surface area contributed by atoms with Gasteiger partial charge in [0, 0.05) is 10.9 Å². The zero-order valence-electron chi connectivity index (χ0n) is 12.8. The lowest BCUT2D eigenvalue weighted by molar-refractivity contribution is 0.628. The molecule has 0 bridgehead atoms. The third kappa shape index (κ3) is 3.65. The van der Waals surface area contributed by atoms with Crippen molar-refractivity contribution in [3.05, 3.63) is 70.3 Å². The van der Waals surface area contributed by atoms with E-state index in [1.807, 2.05) is 42.6 Å². The van der Waals surface area contributed by atoms with Crippen molar-refractivity contribution in [3.63, 3.8) is 0 Å². The summed E-state index contributed by atoms with van der Waals surface area (Å²) in [5.74, 6) is -0.296. The van der Waals surface area contributed by atoms with Gasteiger partial charge in [-0.15, -0.1) is 11.3 Å². The van der Waals surface area contributed by atoms with Gasteiger partial charge in [0.05, 0.1) is 11.4 Å². The van der Waals surface area contributed by atoms with E-state index >= 15 is 0 Å². The number of benzene rings is 2. The van der Waals surface area contributed by atoms with E-state index in [4.69, 9.17) is 0 Å². The highest BCUT2D eigenvalue weighted by atomic mass is 32.1. The van der Waals surface area contributed by atoms with Crippen LogP contribution in [-0.2, 0) is 0 Å². The second-order valence-corrected chi connectivity index (χ2v) is 5.95. The third-order valence-corrected chi connectivity index (χ3v) is 4.15. The smallest absolute Gasteiger partial charge is 0.196 e. The molecular weight excluding hydrogens is 323 g/mol. The van der Waals surface area contributed by atoms with Crippen molar-refractivity contribution in [2.24, 2.45) is 5.10 Å². The lowest BCUT2D eigenvalue weighted by Crippen LogP contribution is -2.01. The number of rotatable bonds is 4. The van der Waals surface area contributed by atoms with Gasteiger partial charge in [-0.05, 0) is 43.3 Å². The normalized spacial score (nSPS) is 11.1. The first-order chi connectivity index (χ1) is 11.7. The summed E-state index contributed by atoms with van der Waals surface area (Å²) >= 11 is 1.32. The van der Waals surface area contributed by atoms with Crippen molar-refractivity contribution in [3.8, 4) is 17.3 Å².